The molecule has 88 valence electrons. The fourth-order valence-electron chi connectivity index (χ4n) is 0.819. The molecule has 0 aliphatic heterocycles. The zero-order valence-corrected chi connectivity index (χ0v) is 8.67. The van der Waals surface area contributed by atoms with E-state index in [1.807, 2.05) is 0 Å². The SMILES string of the molecule is CC(=CN)C(C)=NCC(O)CC(F)(F)F. The molecule has 1 unspecified atom stereocenters. The quantitative estimate of drug-likeness (QED) is 0.713. The molecule has 0 radical (unpaired) electrons. The summed E-state index contributed by atoms with van der Waals surface area (Å²) in [4.78, 5) is 3.80. The number of allylic oxidation sites excluding steroid dienone is 1. The third kappa shape index (κ3) is 6.96. The topological polar surface area (TPSA) is 58.6 Å². The monoisotopic (exact) mass is 224 g/mol. The summed E-state index contributed by atoms with van der Waals surface area (Å²) in [6.45, 7) is 3.05. The Balaban J connectivity index is 4.16. The Hall–Kier alpha value is -1.04. The number of aliphatic imine (C=N–C) groups is 1. The van der Waals surface area contributed by atoms with Gasteiger partial charge in [-0.1, -0.05) is 0 Å². The van der Waals surface area contributed by atoms with Crippen LogP contribution < -0.4 is 5.73 Å². The van der Waals surface area contributed by atoms with E-state index in [0.29, 0.717) is 11.3 Å². The minimum absolute atomic E-state index is 0.267. The molecule has 3 N–H and O–H groups in total. The Morgan fingerprint density at radius 3 is 2.40 bits per heavy atom. The second kappa shape index (κ2) is 5.75. The van der Waals surface area contributed by atoms with Gasteiger partial charge in [-0.2, -0.15) is 13.2 Å². The van der Waals surface area contributed by atoms with Crippen molar-refractivity contribution < 1.29 is 18.3 Å². The smallest absolute Gasteiger partial charge is 0.391 e. The van der Waals surface area contributed by atoms with Gasteiger partial charge in [-0.25, -0.2) is 0 Å². The number of halogens is 3. The van der Waals surface area contributed by atoms with Gasteiger partial charge in [-0.15, -0.1) is 0 Å². The van der Waals surface area contributed by atoms with E-state index in [0.717, 1.165) is 0 Å². The standard InChI is InChI=1S/C9H15F3N2O/c1-6(4-13)7(2)14-5-8(15)3-9(10,11)12/h4,8,15H,3,5,13H2,1-2H3. The first-order valence-corrected chi connectivity index (χ1v) is 4.41. The number of aliphatic hydroxyl groups is 1. The van der Waals surface area contributed by atoms with E-state index in [1.165, 1.54) is 6.20 Å². The second-order valence-corrected chi connectivity index (χ2v) is 3.25. The van der Waals surface area contributed by atoms with Gasteiger partial charge < -0.3 is 10.8 Å². The molecule has 0 aromatic rings. The van der Waals surface area contributed by atoms with Gasteiger partial charge in [0.1, 0.15) is 0 Å². The van der Waals surface area contributed by atoms with E-state index in [-0.39, 0.29) is 6.54 Å². The summed E-state index contributed by atoms with van der Waals surface area (Å²) < 4.78 is 35.4. The molecule has 0 spiro atoms. The molecule has 0 aliphatic rings. The van der Waals surface area contributed by atoms with Crippen molar-refractivity contribution in [3.8, 4) is 0 Å². The number of rotatable bonds is 4. The van der Waals surface area contributed by atoms with E-state index >= 15 is 0 Å². The minimum atomic E-state index is -4.36. The molecule has 0 saturated heterocycles. The zero-order chi connectivity index (χ0) is 12.1. The number of aliphatic hydroxyl groups excluding tert-OH is 1. The Labute approximate surface area is 86.5 Å². The van der Waals surface area contributed by atoms with Gasteiger partial charge in [-0.05, 0) is 25.6 Å². The predicted molar refractivity (Wildman–Crippen MR) is 52.6 cm³/mol. The number of nitrogens with two attached hydrogens (primary N) is 1. The van der Waals surface area contributed by atoms with Crippen LogP contribution in [0, 0.1) is 0 Å². The number of hydrogen-bond donors (Lipinski definition) is 2. The maximum absolute atomic E-state index is 11.8. The summed E-state index contributed by atoms with van der Waals surface area (Å²) in [6, 6.07) is 0. The average molecular weight is 224 g/mol. The Morgan fingerprint density at radius 1 is 1.47 bits per heavy atom. The molecular formula is C9H15F3N2O. The van der Waals surface area contributed by atoms with Crippen LogP contribution in [0.25, 0.3) is 0 Å². The van der Waals surface area contributed by atoms with Crippen LogP contribution in [0.1, 0.15) is 20.3 Å². The van der Waals surface area contributed by atoms with Crippen LogP contribution in [0.15, 0.2) is 16.8 Å². The number of hydrogen-bond acceptors (Lipinski definition) is 3. The summed E-state index contributed by atoms with van der Waals surface area (Å²) in [5.74, 6) is 0. The van der Waals surface area contributed by atoms with E-state index in [9.17, 15) is 13.2 Å². The molecule has 15 heavy (non-hydrogen) atoms. The van der Waals surface area contributed by atoms with Crippen molar-refractivity contribution in [3.63, 3.8) is 0 Å². The lowest BCUT2D eigenvalue weighted by Crippen LogP contribution is -2.22. The first kappa shape index (κ1) is 14.0. The fraction of sp³-hybridized carbons (Fsp3) is 0.667. The van der Waals surface area contributed by atoms with Crippen LogP contribution in [0.4, 0.5) is 13.2 Å². The molecule has 0 aromatic carbocycles. The van der Waals surface area contributed by atoms with Gasteiger partial charge in [0.2, 0.25) is 0 Å². The fourth-order valence-corrected chi connectivity index (χ4v) is 0.819. The lowest BCUT2D eigenvalue weighted by atomic mass is 10.2. The van der Waals surface area contributed by atoms with E-state index < -0.39 is 18.7 Å². The van der Waals surface area contributed by atoms with Gasteiger partial charge in [0, 0.05) is 5.71 Å². The van der Waals surface area contributed by atoms with Gasteiger partial charge in [0.05, 0.1) is 19.1 Å². The maximum Gasteiger partial charge on any atom is 0.391 e. The molecule has 0 saturated carbocycles. The predicted octanol–water partition coefficient (Wildman–Crippen LogP) is 1.62. The summed E-state index contributed by atoms with van der Waals surface area (Å²) >= 11 is 0. The van der Waals surface area contributed by atoms with Crippen molar-refractivity contribution in [1.82, 2.24) is 0 Å². The van der Waals surface area contributed by atoms with E-state index in [2.05, 4.69) is 4.99 Å². The summed E-state index contributed by atoms with van der Waals surface area (Å²) in [6.07, 6.45) is -5.78. The van der Waals surface area contributed by atoms with Gasteiger partial charge in [-0.3, -0.25) is 4.99 Å². The first-order valence-electron chi connectivity index (χ1n) is 4.41. The highest BCUT2D eigenvalue weighted by atomic mass is 19.4. The average Bonchev–Trinajstić information content (AvgIpc) is 2.10. The maximum atomic E-state index is 11.8. The highest BCUT2D eigenvalue weighted by Gasteiger charge is 2.30. The highest BCUT2D eigenvalue weighted by Crippen LogP contribution is 2.21. The molecule has 0 rings (SSSR count). The van der Waals surface area contributed by atoms with Crippen molar-refractivity contribution in [1.29, 1.82) is 0 Å². The lowest BCUT2D eigenvalue weighted by Gasteiger charge is -2.11. The van der Waals surface area contributed by atoms with Crippen LogP contribution in [0.2, 0.25) is 0 Å². The highest BCUT2D eigenvalue weighted by molar-refractivity contribution is 5.97. The normalized spacial score (nSPS) is 16.7. The molecule has 0 amide bonds. The molecule has 0 heterocycles. The summed E-state index contributed by atoms with van der Waals surface area (Å²) in [5.41, 5.74) is 6.40. The summed E-state index contributed by atoms with van der Waals surface area (Å²) in [7, 11) is 0. The lowest BCUT2D eigenvalue weighted by molar-refractivity contribution is -0.152. The third-order valence-electron chi connectivity index (χ3n) is 1.83. The largest absolute Gasteiger partial charge is 0.404 e. The number of nitrogens with zero attached hydrogens (tertiary/aromatic N) is 1. The summed E-state index contributed by atoms with van der Waals surface area (Å²) in [5, 5.41) is 9.01. The molecule has 1 atom stereocenters. The van der Waals surface area contributed by atoms with Gasteiger partial charge >= 0.3 is 6.18 Å². The molecular weight excluding hydrogens is 209 g/mol. The second-order valence-electron chi connectivity index (χ2n) is 3.25. The molecule has 0 fully saturated rings. The van der Waals surface area contributed by atoms with Crippen molar-refractivity contribution in [2.24, 2.45) is 10.7 Å². The Kier molecular flexibility index (Phi) is 5.35. The molecule has 0 aliphatic carbocycles. The van der Waals surface area contributed by atoms with Gasteiger partial charge in [0.25, 0.3) is 0 Å². The molecule has 0 aromatic heterocycles. The number of alkyl halides is 3. The van der Waals surface area contributed by atoms with Crippen molar-refractivity contribution in [2.75, 3.05) is 6.54 Å². The van der Waals surface area contributed by atoms with Crippen molar-refractivity contribution >= 4 is 5.71 Å². The molecule has 0 bridgehead atoms. The molecule has 3 nitrogen and oxygen atoms in total. The molecule has 6 heteroatoms. The van der Waals surface area contributed by atoms with Gasteiger partial charge in [0.15, 0.2) is 0 Å². The van der Waals surface area contributed by atoms with Crippen molar-refractivity contribution in [3.05, 3.63) is 11.8 Å². The van der Waals surface area contributed by atoms with Crippen LogP contribution in [0.5, 0.6) is 0 Å². The minimum Gasteiger partial charge on any atom is -0.404 e. The van der Waals surface area contributed by atoms with Crippen molar-refractivity contribution in [2.45, 2.75) is 32.5 Å². The third-order valence-corrected chi connectivity index (χ3v) is 1.83. The van der Waals surface area contributed by atoms with Crippen LogP contribution in [-0.2, 0) is 0 Å². The van der Waals surface area contributed by atoms with Crippen LogP contribution >= 0.6 is 0 Å². The zero-order valence-electron chi connectivity index (χ0n) is 8.67. The van der Waals surface area contributed by atoms with Crippen LogP contribution in [-0.4, -0.2) is 29.6 Å². The van der Waals surface area contributed by atoms with E-state index in [4.69, 9.17) is 10.8 Å². The Bertz CT molecular complexity index is 259. The first-order chi connectivity index (χ1) is 6.76. The van der Waals surface area contributed by atoms with E-state index in [1.54, 1.807) is 13.8 Å². The van der Waals surface area contributed by atoms with Crippen LogP contribution in [0.3, 0.4) is 0 Å². The Morgan fingerprint density at radius 2 is 2.00 bits per heavy atom.